The van der Waals surface area contributed by atoms with Crippen LogP contribution in [-0.4, -0.2) is 25.5 Å². The Kier molecular flexibility index (Phi) is 4.37. The van der Waals surface area contributed by atoms with Crippen LogP contribution in [0.3, 0.4) is 0 Å². The van der Waals surface area contributed by atoms with Crippen molar-refractivity contribution in [3.05, 3.63) is 29.6 Å². The normalized spacial score (nSPS) is 19.5. The van der Waals surface area contributed by atoms with E-state index in [0.717, 1.165) is 18.4 Å². The number of nitrogens with zero attached hydrogens (tertiary/aromatic N) is 1. The lowest BCUT2D eigenvalue weighted by atomic mass is 10.00. The van der Waals surface area contributed by atoms with Crippen LogP contribution in [0.4, 0.5) is 10.1 Å². The number of hydrogen-bond donors (Lipinski definition) is 2. The van der Waals surface area contributed by atoms with E-state index in [1.807, 2.05) is 13.1 Å². The van der Waals surface area contributed by atoms with Crippen LogP contribution in [0.1, 0.15) is 24.8 Å². The predicted octanol–water partition coefficient (Wildman–Crippen LogP) is 1.39. The number of rotatable bonds is 4. The van der Waals surface area contributed by atoms with Gasteiger partial charge in [0.25, 0.3) is 0 Å². The number of nitrogens with one attached hydrogen (secondary N) is 1. The highest BCUT2D eigenvalue weighted by Crippen LogP contribution is 2.27. The van der Waals surface area contributed by atoms with Gasteiger partial charge in [0, 0.05) is 13.1 Å². The summed E-state index contributed by atoms with van der Waals surface area (Å²) in [6.07, 6.45) is 2.62. The highest BCUT2D eigenvalue weighted by Gasteiger charge is 2.28. The van der Waals surface area contributed by atoms with Gasteiger partial charge in [0.2, 0.25) is 5.91 Å². The summed E-state index contributed by atoms with van der Waals surface area (Å²) in [7, 11) is 1.82. The van der Waals surface area contributed by atoms with E-state index in [4.69, 9.17) is 5.73 Å². The first kappa shape index (κ1) is 13.8. The molecular formula is C14H20FN3O. The third-order valence-electron chi connectivity index (χ3n) is 3.53. The maximum atomic E-state index is 14.2. The Morgan fingerprint density at radius 3 is 2.95 bits per heavy atom. The van der Waals surface area contributed by atoms with Crippen molar-refractivity contribution in [3.63, 3.8) is 0 Å². The van der Waals surface area contributed by atoms with Crippen LogP contribution >= 0.6 is 0 Å². The molecule has 1 saturated heterocycles. The van der Waals surface area contributed by atoms with Crippen molar-refractivity contribution in [2.24, 2.45) is 5.73 Å². The highest BCUT2D eigenvalue weighted by molar-refractivity contribution is 5.84. The molecule has 1 heterocycles. The van der Waals surface area contributed by atoms with Crippen molar-refractivity contribution in [1.29, 1.82) is 0 Å². The molecule has 104 valence electrons. The summed E-state index contributed by atoms with van der Waals surface area (Å²) >= 11 is 0. The molecule has 1 amide bonds. The van der Waals surface area contributed by atoms with E-state index in [1.165, 1.54) is 6.07 Å². The molecule has 2 rings (SSSR count). The average molecular weight is 265 g/mol. The van der Waals surface area contributed by atoms with Gasteiger partial charge in [-0.05, 0) is 44.0 Å². The van der Waals surface area contributed by atoms with E-state index < -0.39 is 6.04 Å². The number of piperidine rings is 1. The van der Waals surface area contributed by atoms with Crippen LogP contribution in [0, 0.1) is 5.82 Å². The largest absolute Gasteiger partial charge is 0.368 e. The smallest absolute Gasteiger partial charge is 0.240 e. The molecule has 0 bridgehead atoms. The van der Waals surface area contributed by atoms with E-state index in [9.17, 15) is 9.18 Å². The third-order valence-corrected chi connectivity index (χ3v) is 3.53. The molecule has 0 spiro atoms. The summed E-state index contributed by atoms with van der Waals surface area (Å²) in [6, 6.07) is 4.74. The van der Waals surface area contributed by atoms with Crippen LogP contribution in [0.5, 0.6) is 0 Å². The zero-order chi connectivity index (χ0) is 13.8. The number of amides is 1. The second kappa shape index (κ2) is 6.02. The second-order valence-electron chi connectivity index (χ2n) is 4.92. The monoisotopic (exact) mass is 265 g/mol. The minimum atomic E-state index is -0.390. The lowest BCUT2D eigenvalue weighted by Crippen LogP contribution is -2.48. The van der Waals surface area contributed by atoms with Gasteiger partial charge >= 0.3 is 0 Å². The summed E-state index contributed by atoms with van der Waals surface area (Å²) in [5.41, 5.74) is 6.77. The number of nitrogens with two attached hydrogens (primary N) is 1. The summed E-state index contributed by atoms with van der Waals surface area (Å²) < 4.78 is 14.2. The minimum Gasteiger partial charge on any atom is -0.368 e. The number of benzene rings is 1. The van der Waals surface area contributed by atoms with Crippen molar-refractivity contribution >= 4 is 11.6 Å². The van der Waals surface area contributed by atoms with Crippen molar-refractivity contribution < 1.29 is 9.18 Å². The Labute approximate surface area is 112 Å². The van der Waals surface area contributed by atoms with Crippen LogP contribution in [-0.2, 0) is 11.3 Å². The zero-order valence-electron chi connectivity index (χ0n) is 11.2. The van der Waals surface area contributed by atoms with Gasteiger partial charge in [0.05, 0.1) is 5.69 Å². The van der Waals surface area contributed by atoms with Crippen molar-refractivity contribution in [2.45, 2.75) is 31.8 Å². The maximum absolute atomic E-state index is 14.2. The molecule has 0 radical (unpaired) electrons. The molecule has 1 atom stereocenters. The fourth-order valence-corrected chi connectivity index (χ4v) is 2.61. The highest BCUT2D eigenvalue weighted by atomic mass is 19.1. The lowest BCUT2D eigenvalue weighted by Gasteiger charge is -2.35. The maximum Gasteiger partial charge on any atom is 0.240 e. The van der Waals surface area contributed by atoms with Gasteiger partial charge in [-0.15, -0.1) is 0 Å². The van der Waals surface area contributed by atoms with Gasteiger partial charge in [-0.2, -0.15) is 0 Å². The topological polar surface area (TPSA) is 58.4 Å². The number of halogens is 1. The Morgan fingerprint density at radius 2 is 2.32 bits per heavy atom. The molecule has 1 unspecified atom stereocenters. The van der Waals surface area contributed by atoms with Gasteiger partial charge in [-0.3, -0.25) is 4.79 Å². The quantitative estimate of drug-likeness (QED) is 0.865. The predicted molar refractivity (Wildman–Crippen MR) is 73.3 cm³/mol. The first-order chi connectivity index (χ1) is 9.13. The third kappa shape index (κ3) is 3.04. The molecule has 0 saturated carbocycles. The first-order valence-electron chi connectivity index (χ1n) is 6.62. The number of carbonyl (C=O) groups excluding carboxylic acids is 1. The summed E-state index contributed by atoms with van der Waals surface area (Å²) in [4.78, 5) is 13.3. The van der Waals surface area contributed by atoms with Crippen molar-refractivity contribution in [3.8, 4) is 0 Å². The standard InChI is InChI=1S/C14H20FN3O/c1-17-9-10-5-6-12(11(15)8-10)18-7-3-2-4-13(18)14(16)19/h5-6,8,13,17H,2-4,7,9H2,1H3,(H2,16,19). The van der Waals surface area contributed by atoms with E-state index in [-0.39, 0.29) is 11.7 Å². The zero-order valence-corrected chi connectivity index (χ0v) is 11.2. The molecule has 19 heavy (non-hydrogen) atoms. The van der Waals surface area contributed by atoms with Crippen LogP contribution in [0.25, 0.3) is 0 Å². The fraction of sp³-hybridized carbons (Fsp3) is 0.500. The molecule has 0 aromatic heterocycles. The Hall–Kier alpha value is -1.62. The average Bonchev–Trinajstić information content (AvgIpc) is 2.39. The van der Waals surface area contributed by atoms with Crippen LogP contribution < -0.4 is 16.0 Å². The summed E-state index contributed by atoms with van der Waals surface area (Å²) in [6.45, 7) is 1.30. The molecule has 1 aliphatic heterocycles. The van der Waals surface area contributed by atoms with Crippen LogP contribution in [0.15, 0.2) is 18.2 Å². The number of hydrogen-bond acceptors (Lipinski definition) is 3. The molecule has 3 N–H and O–H groups in total. The molecule has 1 aromatic rings. The van der Waals surface area contributed by atoms with Gasteiger partial charge in [0.15, 0.2) is 0 Å². The number of carbonyl (C=O) groups is 1. The van der Waals surface area contributed by atoms with Crippen molar-refractivity contribution in [2.75, 3.05) is 18.5 Å². The van der Waals surface area contributed by atoms with E-state index >= 15 is 0 Å². The molecular weight excluding hydrogens is 245 g/mol. The van der Waals surface area contributed by atoms with E-state index in [1.54, 1.807) is 11.0 Å². The Balaban J connectivity index is 2.26. The van der Waals surface area contributed by atoms with Crippen LogP contribution in [0.2, 0.25) is 0 Å². The van der Waals surface area contributed by atoms with Gasteiger partial charge in [0.1, 0.15) is 11.9 Å². The van der Waals surface area contributed by atoms with Gasteiger partial charge in [-0.1, -0.05) is 6.07 Å². The second-order valence-corrected chi connectivity index (χ2v) is 4.92. The molecule has 0 aliphatic carbocycles. The van der Waals surface area contributed by atoms with Gasteiger partial charge in [-0.25, -0.2) is 4.39 Å². The molecule has 4 nitrogen and oxygen atoms in total. The fourth-order valence-electron chi connectivity index (χ4n) is 2.61. The van der Waals surface area contributed by atoms with E-state index in [0.29, 0.717) is 25.2 Å². The summed E-state index contributed by atoms with van der Waals surface area (Å²) in [5, 5.41) is 2.98. The SMILES string of the molecule is CNCc1ccc(N2CCCCC2C(N)=O)c(F)c1. The molecule has 1 aromatic carbocycles. The molecule has 5 heteroatoms. The minimum absolute atomic E-state index is 0.291. The van der Waals surface area contributed by atoms with Crippen molar-refractivity contribution in [1.82, 2.24) is 5.32 Å². The molecule has 1 aliphatic rings. The summed E-state index contributed by atoms with van der Waals surface area (Å²) in [5.74, 6) is -0.667. The Morgan fingerprint density at radius 1 is 1.53 bits per heavy atom. The van der Waals surface area contributed by atoms with Gasteiger partial charge < -0.3 is 16.0 Å². The number of primary amides is 1. The Bertz CT molecular complexity index is 464. The molecule has 1 fully saturated rings. The first-order valence-corrected chi connectivity index (χ1v) is 6.62. The lowest BCUT2D eigenvalue weighted by molar-refractivity contribution is -0.119. The number of anilines is 1. The van der Waals surface area contributed by atoms with E-state index in [2.05, 4.69) is 5.32 Å².